The van der Waals surface area contributed by atoms with Crippen LogP contribution >= 0.6 is 0 Å². The lowest BCUT2D eigenvalue weighted by atomic mass is 9.84. The summed E-state index contributed by atoms with van der Waals surface area (Å²) in [5, 5.41) is 13.7. The quantitative estimate of drug-likeness (QED) is 0.713. The fourth-order valence-electron chi connectivity index (χ4n) is 2.92. The second kappa shape index (κ2) is 9.01. The molecule has 1 amide bonds. The third-order valence-electron chi connectivity index (χ3n) is 4.35. The molecule has 23 heavy (non-hydrogen) atoms. The molecule has 1 heterocycles. The Kier molecular flexibility index (Phi) is 7.02. The monoisotopic (exact) mass is 320 g/mol. The van der Waals surface area contributed by atoms with Crippen LogP contribution in [0.5, 0.6) is 0 Å². The standard InChI is InChI=1S/C18H28N2O3/c1-2-23-14-6-11-19-17(21)15-20-12-9-18(22,10-13-20)16-7-4-3-5-8-16/h3-5,7-8,22H,2,6,9-15H2,1H3,(H,19,21). The van der Waals surface area contributed by atoms with Crippen LogP contribution in [0.1, 0.15) is 31.7 Å². The molecule has 0 aromatic heterocycles. The smallest absolute Gasteiger partial charge is 0.234 e. The minimum atomic E-state index is -0.758. The number of piperidine rings is 1. The van der Waals surface area contributed by atoms with Crippen LogP contribution in [-0.2, 0) is 15.1 Å². The number of rotatable bonds is 8. The number of nitrogens with one attached hydrogen (secondary N) is 1. The molecule has 0 saturated carbocycles. The second-order valence-corrected chi connectivity index (χ2v) is 6.07. The highest BCUT2D eigenvalue weighted by Gasteiger charge is 2.34. The Morgan fingerprint density at radius 1 is 1.30 bits per heavy atom. The predicted molar refractivity (Wildman–Crippen MR) is 90.1 cm³/mol. The minimum absolute atomic E-state index is 0.0478. The Labute approximate surface area is 138 Å². The summed E-state index contributed by atoms with van der Waals surface area (Å²) in [6.07, 6.45) is 2.16. The molecule has 1 aromatic carbocycles. The number of likely N-dealkylation sites (tertiary alicyclic amines) is 1. The number of hydrogen-bond donors (Lipinski definition) is 2. The van der Waals surface area contributed by atoms with Crippen LogP contribution in [0.4, 0.5) is 0 Å². The van der Waals surface area contributed by atoms with E-state index in [0.29, 0.717) is 39.1 Å². The van der Waals surface area contributed by atoms with Crippen LogP contribution in [-0.4, -0.2) is 55.3 Å². The summed E-state index contributed by atoms with van der Waals surface area (Å²) in [5.41, 5.74) is 0.214. The van der Waals surface area contributed by atoms with Gasteiger partial charge < -0.3 is 15.2 Å². The summed E-state index contributed by atoms with van der Waals surface area (Å²) in [6.45, 7) is 5.89. The van der Waals surface area contributed by atoms with Crippen LogP contribution in [0, 0.1) is 0 Å². The lowest BCUT2D eigenvalue weighted by Gasteiger charge is -2.38. The van der Waals surface area contributed by atoms with E-state index in [1.165, 1.54) is 0 Å². The molecular formula is C18H28N2O3. The van der Waals surface area contributed by atoms with Gasteiger partial charge >= 0.3 is 0 Å². The molecule has 128 valence electrons. The maximum Gasteiger partial charge on any atom is 0.234 e. The summed E-state index contributed by atoms with van der Waals surface area (Å²) in [6, 6.07) is 9.81. The van der Waals surface area contributed by atoms with Crippen molar-refractivity contribution in [1.82, 2.24) is 10.2 Å². The predicted octanol–water partition coefficient (Wildman–Crippen LogP) is 1.51. The molecule has 5 heteroatoms. The lowest BCUT2D eigenvalue weighted by molar-refractivity contribution is -0.123. The first-order valence-electron chi connectivity index (χ1n) is 8.49. The molecule has 0 bridgehead atoms. The van der Waals surface area contributed by atoms with Gasteiger partial charge in [-0.05, 0) is 31.7 Å². The van der Waals surface area contributed by atoms with Gasteiger partial charge in [0.05, 0.1) is 12.1 Å². The highest BCUT2D eigenvalue weighted by atomic mass is 16.5. The van der Waals surface area contributed by atoms with Gasteiger partial charge in [0.15, 0.2) is 0 Å². The van der Waals surface area contributed by atoms with E-state index >= 15 is 0 Å². The number of carbonyl (C=O) groups is 1. The van der Waals surface area contributed by atoms with Gasteiger partial charge in [-0.2, -0.15) is 0 Å². The van der Waals surface area contributed by atoms with Crippen molar-refractivity contribution in [3.05, 3.63) is 35.9 Å². The summed E-state index contributed by atoms with van der Waals surface area (Å²) in [5.74, 6) is 0.0478. The average molecular weight is 320 g/mol. The van der Waals surface area contributed by atoms with E-state index in [1.807, 2.05) is 37.3 Å². The maximum atomic E-state index is 11.9. The summed E-state index contributed by atoms with van der Waals surface area (Å²) < 4.78 is 5.24. The zero-order chi connectivity index (χ0) is 16.5. The molecule has 1 aliphatic rings. The number of ether oxygens (including phenoxy) is 1. The van der Waals surface area contributed by atoms with E-state index < -0.39 is 5.60 Å². The fraction of sp³-hybridized carbons (Fsp3) is 0.611. The molecule has 0 radical (unpaired) electrons. The molecule has 2 rings (SSSR count). The summed E-state index contributed by atoms with van der Waals surface area (Å²) >= 11 is 0. The van der Waals surface area contributed by atoms with Gasteiger partial charge in [-0.25, -0.2) is 0 Å². The molecule has 1 aromatic rings. The Balaban J connectivity index is 1.69. The van der Waals surface area contributed by atoms with Crippen LogP contribution in [0.25, 0.3) is 0 Å². The van der Waals surface area contributed by atoms with Crippen LogP contribution < -0.4 is 5.32 Å². The molecule has 1 saturated heterocycles. The second-order valence-electron chi connectivity index (χ2n) is 6.07. The van der Waals surface area contributed by atoms with Gasteiger partial charge in [-0.1, -0.05) is 30.3 Å². The van der Waals surface area contributed by atoms with Crippen molar-refractivity contribution < 1.29 is 14.6 Å². The number of aliphatic hydroxyl groups is 1. The summed E-state index contributed by atoms with van der Waals surface area (Å²) in [7, 11) is 0. The van der Waals surface area contributed by atoms with E-state index in [4.69, 9.17) is 4.74 Å². The normalized spacial score (nSPS) is 17.8. The Morgan fingerprint density at radius 2 is 2.00 bits per heavy atom. The van der Waals surface area contributed by atoms with E-state index in [-0.39, 0.29) is 5.91 Å². The van der Waals surface area contributed by atoms with Crippen molar-refractivity contribution in [2.24, 2.45) is 0 Å². The number of benzene rings is 1. The molecule has 5 nitrogen and oxygen atoms in total. The van der Waals surface area contributed by atoms with Crippen molar-refractivity contribution in [1.29, 1.82) is 0 Å². The van der Waals surface area contributed by atoms with Crippen molar-refractivity contribution in [3.8, 4) is 0 Å². The third-order valence-corrected chi connectivity index (χ3v) is 4.35. The zero-order valence-electron chi connectivity index (χ0n) is 14.0. The highest BCUT2D eigenvalue weighted by Crippen LogP contribution is 2.32. The summed E-state index contributed by atoms with van der Waals surface area (Å²) in [4.78, 5) is 14.0. The van der Waals surface area contributed by atoms with E-state index in [0.717, 1.165) is 25.1 Å². The first kappa shape index (κ1) is 17.9. The Hall–Kier alpha value is -1.43. The molecule has 2 N–H and O–H groups in total. The van der Waals surface area contributed by atoms with E-state index in [9.17, 15) is 9.90 Å². The molecule has 1 aliphatic heterocycles. The van der Waals surface area contributed by atoms with Crippen molar-refractivity contribution in [2.75, 3.05) is 39.4 Å². The van der Waals surface area contributed by atoms with Gasteiger partial charge in [0.25, 0.3) is 0 Å². The maximum absolute atomic E-state index is 11.9. The molecule has 0 unspecified atom stereocenters. The van der Waals surface area contributed by atoms with Crippen molar-refractivity contribution >= 4 is 5.91 Å². The zero-order valence-corrected chi connectivity index (χ0v) is 14.0. The van der Waals surface area contributed by atoms with E-state index in [2.05, 4.69) is 10.2 Å². The molecule has 0 spiro atoms. The van der Waals surface area contributed by atoms with Crippen LogP contribution in [0.2, 0.25) is 0 Å². The van der Waals surface area contributed by atoms with Gasteiger partial charge in [0, 0.05) is 32.8 Å². The number of hydrogen-bond acceptors (Lipinski definition) is 4. The van der Waals surface area contributed by atoms with E-state index in [1.54, 1.807) is 0 Å². The average Bonchev–Trinajstić information content (AvgIpc) is 2.58. The van der Waals surface area contributed by atoms with Gasteiger partial charge in [0.2, 0.25) is 5.91 Å². The van der Waals surface area contributed by atoms with Gasteiger partial charge in [0.1, 0.15) is 0 Å². The Morgan fingerprint density at radius 3 is 2.65 bits per heavy atom. The topological polar surface area (TPSA) is 61.8 Å². The van der Waals surface area contributed by atoms with Gasteiger partial charge in [-0.3, -0.25) is 9.69 Å². The third kappa shape index (κ3) is 5.61. The molecule has 1 fully saturated rings. The highest BCUT2D eigenvalue weighted by molar-refractivity contribution is 5.77. The number of nitrogens with zero attached hydrogens (tertiary/aromatic N) is 1. The van der Waals surface area contributed by atoms with Crippen LogP contribution in [0.15, 0.2) is 30.3 Å². The molecule has 0 atom stereocenters. The molecule has 0 aliphatic carbocycles. The number of amides is 1. The van der Waals surface area contributed by atoms with Crippen molar-refractivity contribution in [2.45, 2.75) is 31.8 Å². The van der Waals surface area contributed by atoms with Crippen LogP contribution in [0.3, 0.4) is 0 Å². The fourth-order valence-corrected chi connectivity index (χ4v) is 2.92. The minimum Gasteiger partial charge on any atom is -0.385 e. The number of carbonyl (C=O) groups excluding carboxylic acids is 1. The lowest BCUT2D eigenvalue weighted by Crippen LogP contribution is -2.46. The SMILES string of the molecule is CCOCCCNC(=O)CN1CCC(O)(c2ccccc2)CC1. The Bertz CT molecular complexity index is 470. The molecular weight excluding hydrogens is 292 g/mol. The van der Waals surface area contributed by atoms with Crippen molar-refractivity contribution in [3.63, 3.8) is 0 Å². The largest absolute Gasteiger partial charge is 0.385 e. The first-order valence-corrected chi connectivity index (χ1v) is 8.49. The van der Waals surface area contributed by atoms with Gasteiger partial charge in [-0.15, -0.1) is 0 Å². The first-order chi connectivity index (χ1) is 11.1.